The van der Waals surface area contributed by atoms with Crippen LogP contribution in [0.5, 0.6) is 5.75 Å². The van der Waals surface area contributed by atoms with E-state index < -0.39 is 0 Å². The first-order valence-electron chi connectivity index (χ1n) is 7.06. The fraction of sp³-hybridized carbons (Fsp3) is 0.375. The van der Waals surface area contributed by atoms with Crippen LogP contribution in [0.25, 0.3) is 10.9 Å². The summed E-state index contributed by atoms with van der Waals surface area (Å²) in [6, 6.07) is 3.88. The van der Waals surface area contributed by atoms with Crippen molar-refractivity contribution in [3.8, 4) is 5.75 Å². The molecule has 1 aromatic carbocycles. The number of fused-ring (bicyclic) bond motifs is 1. The number of carbonyl (C=O) groups excluding carboxylic acids is 1. The van der Waals surface area contributed by atoms with Crippen LogP contribution in [0.2, 0.25) is 0 Å². The molecule has 0 atom stereocenters. The Kier molecular flexibility index (Phi) is 3.01. The third-order valence-corrected chi connectivity index (χ3v) is 4.08. The lowest BCUT2D eigenvalue weighted by atomic mass is 10.0. The molecule has 21 heavy (non-hydrogen) atoms. The van der Waals surface area contributed by atoms with Gasteiger partial charge in [0.1, 0.15) is 0 Å². The van der Waals surface area contributed by atoms with Crippen LogP contribution in [0.15, 0.2) is 16.9 Å². The third kappa shape index (κ3) is 2.09. The highest BCUT2D eigenvalue weighted by Gasteiger charge is 2.30. The molecule has 0 spiro atoms. The monoisotopic (exact) mass is 286 g/mol. The zero-order chi connectivity index (χ0) is 15.3. The molecule has 0 bridgehead atoms. The van der Waals surface area contributed by atoms with Gasteiger partial charge >= 0.3 is 0 Å². The Hall–Kier alpha value is -2.30. The average Bonchev–Trinajstić information content (AvgIpc) is 3.23. The Labute approximate surface area is 122 Å². The minimum Gasteiger partial charge on any atom is -0.505 e. The molecule has 0 radical (unpaired) electrons. The Morgan fingerprint density at radius 3 is 2.57 bits per heavy atom. The second-order valence-electron chi connectivity index (χ2n) is 5.71. The van der Waals surface area contributed by atoms with Crippen LogP contribution in [0.1, 0.15) is 36.9 Å². The van der Waals surface area contributed by atoms with Gasteiger partial charge in [-0.15, -0.1) is 0 Å². The highest BCUT2D eigenvalue weighted by molar-refractivity contribution is 5.98. The van der Waals surface area contributed by atoms with E-state index in [1.54, 1.807) is 10.6 Å². The fourth-order valence-corrected chi connectivity index (χ4v) is 2.73. The molecule has 3 rings (SSSR count). The first-order chi connectivity index (χ1) is 9.91. The van der Waals surface area contributed by atoms with Crippen molar-refractivity contribution >= 4 is 22.5 Å². The van der Waals surface area contributed by atoms with E-state index in [1.807, 2.05) is 19.9 Å². The van der Waals surface area contributed by atoms with E-state index in [0.29, 0.717) is 5.39 Å². The van der Waals surface area contributed by atoms with Gasteiger partial charge in [-0.05, 0) is 43.9 Å². The van der Waals surface area contributed by atoms with E-state index in [9.17, 15) is 14.7 Å². The lowest BCUT2D eigenvalue weighted by Crippen LogP contribution is -2.25. The number of rotatable bonds is 2. The number of anilines is 1. The minimum atomic E-state index is -0.368. The number of hydrogen-bond donors (Lipinski definition) is 2. The summed E-state index contributed by atoms with van der Waals surface area (Å²) in [5.74, 6) is -0.516. The van der Waals surface area contributed by atoms with E-state index in [1.165, 1.54) is 6.92 Å². The van der Waals surface area contributed by atoms with Crippen molar-refractivity contribution in [3.63, 3.8) is 0 Å². The molecular weight excluding hydrogens is 268 g/mol. The highest BCUT2D eigenvalue weighted by atomic mass is 16.3. The second-order valence-corrected chi connectivity index (χ2v) is 5.71. The smallest absolute Gasteiger partial charge is 0.278 e. The number of pyridine rings is 1. The number of nitrogens with one attached hydrogen (secondary N) is 1. The lowest BCUT2D eigenvalue weighted by molar-refractivity contribution is -0.114. The summed E-state index contributed by atoms with van der Waals surface area (Å²) in [6.45, 7) is 5.26. The SMILES string of the molecule is CC(=O)Nc1c(O)c2ccc(C)c(C)c2n(C2CC2)c1=O. The average molecular weight is 286 g/mol. The molecule has 1 saturated carbocycles. The topological polar surface area (TPSA) is 71.3 Å². The van der Waals surface area contributed by atoms with E-state index in [0.717, 1.165) is 29.5 Å². The van der Waals surface area contributed by atoms with E-state index in [2.05, 4.69) is 5.32 Å². The summed E-state index contributed by atoms with van der Waals surface area (Å²) in [7, 11) is 0. The van der Waals surface area contributed by atoms with Crippen LogP contribution in [-0.2, 0) is 4.79 Å². The summed E-state index contributed by atoms with van der Waals surface area (Å²) in [5.41, 5.74) is 2.48. The van der Waals surface area contributed by atoms with E-state index in [4.69, 9.17) is 0 Å². The Morgan fingerprint density at radius 2 is 2.00 bits per heavy atom. The van der Waals surface area contributed by atoms with Crippen LogP contribution in [0, 0.1) is 13.8 Å². The highest BCUT2D eigenvalue weighted by Crippen LogP contribution is 2.40. The van der Waals surface area contributed by atoms with Gasteiger partial charge in [-0.3, -0.25) is 9.59 Å². The zero-order valence-electron chi connectivity index (χ0n) is 12.4. The molecule has 1 heterocycles. The van der Waals surface area contributed by atoms with Crippen molar-refractivity contribution in [3.05, 3.63) is 33.6 Å². The van der Waals surface area contributed by atoms with Gasteiger partial charge in [0.2, 0.25) is 5.91 Å². The first-order valence-corrected chi connectivity index (χ1v) is 7.06. The van der Waals surface area contributed by atoms with Gasteiger partial charge in [0.05, 0.1) is 5.52 Å². The Balaban J connectivity index is 2.45. The number of hydrogen-bond acceptors (Lipinski definition) is 3. The van der Waals surface area contributed by atoms with Crippen LogP contribution in [-0.4, -0.2) is 15.6 Å². The number of benzene rings is 1. The van der Waals surface area contributed by atoms with Gasteiger partial charge in [0.15, 0.2) is 11.4 Å². The summed E-state index contributed by atoms with van der Waals surface area (Å²) in [6.07, 6.45) is 1.90. The quantitative estimate of drug-likeness (QED) is 0.891. The number of aromatic nitrogens is 1. The van der Waals surface area contributed by atoms with Gasteiger partial charge < -0.3 is 15.0 Å². The Bertz CT molecular complexity index is 817. The molecule has 2 N–H and O–H groups in total. The molecule has 2 aromatic rings. The van der Waals surface area contributed by atoms with Crippen molar-refractivity contribution in [1.29, 1.82) is 0 Å². The van der Waals surface area contributed by atoms with Crippen LogP contribution in [0.4, 0.5) is 5.69 Å². The number of carbonyl (C=O) groups is 1. The van der Waals surface area contributed by atoms with Crippen LogP contribution >= 0.6 is 0 Å². The normalized spacial score (nSPS) is 14.4. The minimum absolute atomic E-state index is 0.0230. The predicted octanol–water partition coefficient (Wildman–Crippen LogP) is 2.62. The molecule has 1 aliphatic rings. The number of nitrogens with zero attached hydrogens (tertiary/aromatic N) is 1. The molecule has 0 saturated heterocycles. The molecule has 5 nitrogen and oxygen atoms in total. The van der Waals surface area contributed by atoms with Crippen molar-refractivity contribution in [1.82, 2.24) is 4.57 Å². The maximum atomic E-state index is 12.7. The molecule has 1 aliphatic carbocycles. The van der Waals surface area contributed by atoms with Gasteiger partial charge in [-0.1, -0.05) is 6.07 Å². The second kappa shape index (κ2) is 4.62. The number of amides is 1. The molecule has 1 amide bonds. The number of aromatic hydroxyl groups is 1. The van der Waals surface area contributed by atoms with Crippen molar-refractivity contribution in [2.45, 2.75) is 39.7 Å². The molecule has 1 aromatic heterocycles. The van der Waals surface area contributed by atoms with Crippen molar-refractivity contribution < 1.29 is 9.90 Å². The fourth-order valence-electron chi connectivity index (χ4n) is 2.73. The van der Waals surface area contributed by atoms with Crippen LogP contribution in [0.3, 0.4) is 0 Å². The summed E-state index contributed by atoms with van der Waals surface area (Å²) in [4.78, 5) is 24.0. The van der Waals surface area contributed by atoms with Gasteiger partial charge in [0.25, 0.3) is 5.56 Å². The maximum Gasteiger partial charge on any atom is 0.278 e. The van der Waals surface area contributed by atoms with Crippen molar-refractivity contribution in [2.24, 2.45) is 0 Å². The molecule has 0 unspecified atom stereocenters. The molecule has 110 valence electrons. The maximum absolute atomic E-state index is 12.7. The third-order valence-electron chi connectivity index (χ3n) is 4.08. The summed E-state index contributed by atoms with van der Waals surface area (Å²) < 4.78 is 1.72. The Morgan fingerprint density at radius 1 is 1.33 bits per heavy atom. The van der Waals surface area contributed by atoms with E-state index in [-0.39, 0.29) is 28.9 Å². The molecule has 0 aliphatic heterocycles. The predicted molar refractivity (Wildman–Crippen MR) is 81.9 cm³/mol. The summed E-state index contributed by atoms with van der Waals surface area (Å²) in [5, 5.41) is 13.5. The van der Waals surface area contributed by atoms with Gasteiger partial charge in [0, 0.05) is 18.4 Å². The van der Waals surface area contributed by atoms with Gasteiger partial charge in [-0.25, -0.2) is 0 Å². The largest absolute Gasteiger partial charge is 0.505 e. The van der Waals surface area contributed by atoms with E-state index >= 15 is 0 Å². The van der Waals surface area contributed by atoms with Crippen molar-refractivity contribution in [2.75, 3.05) is 5.32 Å². The standard InChI is InChI=1S/C16H18N2O3/c1-8-4-7-12-14(9(8)2)18(11-5-6-11)16(21)13(15(12)20)17-10(3)19/h4,7,11,20H,5-6H2,1-3H3,(H,17,19). The first kappa shape index (κ1) is 13.7. The summed E-state index contributed by atoms with van der Waals surface area (Å²) >= 11 is 0. The molecular formula is C16H18N2O3. The van der Waals surface area contributed by atoms with Gasteiger partial charge in [-0.2, -0.15) is 0 Å². The lowest BCUT2D eigenvalue weighted by Gasteiger charge is -2.17. The zero-order valence-corrected chi connectivity index (χ0v) is 12.4. The number of aryl methyl sites for hydroxylation is 2. The molecule has 5 heteroatoms. The molecule has 1 fully saturated rings. The van der Waals surface area contributed by atoms with Crippen LogP contribution < -0.4 is 10.9 Å².